The predicted molar refractivity (Wildman–Crippen MR) is 42.1 cm³/mol. The van der Waals surface area contributed by atoms with E-state index in [0.29, 0.717) is 10.8 Å². The SMILES string of the molecule is NC1(c2ncc(Cl)cn2)CC1. The maximum Gasteiger partial charge on any atom is 0.148 e. The second-order valence-corrected chi connectivity index (χ2v) is 3.32. The first-order valence-electron chi connectivity index (χ1n) is 3.48. The van der Waals surface area contributed by atoms with E-state index in [1.807, 2.05) is 0 Å². The van der Waals surface area contributed by atoms with Gasteiger partial charge in [-0.05, 0) is 12.8 Å². The maximum absolute atomic E-state index is 5.85. The lowest BCUT2D eigenvalue weighted by Crippen LogP contribution is -2.21. The second-order valence-electron chi connectivity index (χ2n) is 2.88. The van der Waals surface area contributed by atoms with Crippen LogP contribution in [-0.4, -0.2) is 9.97 Å². The van der Waals surface area contributed by atoms with Crippen molar-refractivity contribution in [3.05, 3.63) is 23.2 Å². The van der Waals surface area contributed by atoms with E-state index in [9.17, 15) is 0 Å². The van der Waals surface area contributed by atoms with Crippen molar-refractivity contribution in [1.29, 1.82) is 0 Å². The van der Waals surface area contributed by atoms with Crippen LogP contribution in [0.25, 0.3) is 0 Å². The highest BCUT2D eigenvalue weighted by atomic mass is 35.5. The van der Waals surface area contributed by atoms with Crippen LogP contribution in [0.1, 0.15) is 18.7 Å². The van der Waals surface area contributed by atoms with E-state index < -0.39 is 0 Å². The topological polar surface area (TPSA) is 51.8 Å². The number of hydrogen-bond donors (Lipinski definition) is 1. The first-order valence-corrected chi connectivity index (χ1v) is 3.85. The summed E-state index contributed by atoms with van der Waals surface area (Å²) < 4.78 is 0. The normalized spacial score (nSPS) is 19.8. The van der Waals surface area contributed by atoms with Gasteiger partial charge in [-0.3, -0.25) is 0 Å². The first kappa shape index (κ1) is 7.00. The molecule has 1 fully saturated rings. The Bertz CT molecular complexity index is 266. The van der Waals surface area contributed by atoms with Crippen molar-refractivity contribution in [3.63, 3.8) is 0 Å². The van der Waals surface area contributed by atoms with Crippen LogP contribution < -0.4 is 5.73 Å². The summed E-state index contributed by atoms with van der Waals surface area (Å²) >= 11 is 5.62. The second kappa shape index (κ2) is 2.16. The van der Waals surface area contributed by atoms with Crippen LogP contribution >= 0.6 is 11.6 Å². The molecule has 0 saturated heterocycles. The molecule has 4 heteroatoms. The molecule has 1 aromatic heterocycles. The molecule has 0 atom stereocenters. The van der Waals surface area contributed by atoms with Gasteiger partial charge in [-0.1, -0.05) is 11.6 Å². The minimum atomic E-state index is -0.245. The lowest BCUT2D eigenvalue weighted by atomic mass is 10.3. The zero-order valence-electron chi connectivity index (χ0n) is 5.92. The molecule has 0 spiro atoms. The zero-order chi connectivity index (χ0) is 7.90. The summed E-state index contributed by atoms with van der Waals surface area (Å²) in [5, 5.41) is 0.554. The third-order valence-electron chi connectivity index (χ3n) is 1.85. The third-order valence-corrected chi connectivity index (χ3v) is 2.05. The molecule has 1 saturated carbocycles. The quantitative estimate of drug-likeness (QED) is 0.685. The number of hydrogen-bond acceptors (Lipinski definition) is 3. The van der Waals surface area contributed by atoms with Crippen LogP contribution in [0.2, 0.25) is 5.02 Å². The highest BCUT2D eigenvalue weighted by Crippen LogP contribution is 2.40. The van der Waals surface area contributed by atoms with E-state index >= 15 is 0 Å². The molecule has 0 bridgehead atoms. The van der Waals surface area contributed by atoms with E-state index in [0.717, 1.165) is 12.8 Å². The Balaban J connectivity index is 2.33. The van der Waals surface area contributed by atoms with E-state index in [1.165, 1.54) is 0 Å². The van der Waals surface area contributed by atoms with Gasteiger partial charge in [0.25, 0.3) is 0 Å². The summed E-state index contributed by atoms with van der Waals surface area (Å²) in [6.07, 6.45) is 5.12. The van der Waals surface area contributed by atoms with E-state index in [-0.39, 0.29) is 5.54 Å². The Morgan fingerprint density at radius 1 is 1.36 bits per heavy atom. The molecular formula is C7H8ClN3. The fourth-order valence-electron chi connectivity index (χ4n) is 0.928. The summed E-state index contributed by atoms with van der Waals surface area (Å²) in [4.78, 5) is 8.09. The van der Waals surface area contributed by atoms with Gasteiger partial charge in [-0.25, -0.2) is 9.97 Å². The zero-order valence-corrected chi connectivity index (χ0v) is 6.67. The number of halogens is 1. The Hall–Kier alpha value is -0.670. The molecule has 2 rings (SSSR count). The molecule has 11 heavy (non-hydrogen) atoms. The first-order chi connectivity index (χ1) is 5.21. The number of nitrogens with two attached hydrogens (primary N) is 1. The summed E-state index contributed by atoms with van der Waals surface area (Å²) in [5.41, 5.74) is 5.60. The molecule has 1 heterocycles. The molecule has 1 aromatic rings. The Kier molecular flexibility index (Phi) is 1.37. The molecule has 3 nitrogen and oxygen atoms in total. The van der Waals surface area contributed by atoms with E-state index in [2.05, 4.69) is 9.97 Å². The van der Waals surface area contributed by atoms with Gasteiger partial charge in [-0.2, -0.15) is 0 Å². The number of rotatable bonds is 1. The summed E-state index contributed by atoms with van der Waals surface area (Å²) in [6, 6.07) is 0. The van der Waals surface area contributed by atoms with Crippen LogP contribution in [-0.2, 0) is 5.54 Å². The molecule has 58 valence electrons. The van der Waals surface area contributed by atoms with Crippen LogP contribution in [0.15, 0.2) is 12.4 Å². The molecule has 0 aliphatic heterocycles. The summed E-state index contributed by atoms with van der Waals surface area (Å²) in [7, 11) is 0. The van der Waals surface area contributed by atoms with Crippen LogP contribution in [0.3, 0.4) is 0 Å². The maximum atomic E-state index is 5.85. The van der Waals surface area contributed by atoms with Crippen LogP contribution in [0, 0.1) is 0 Å². The summed E-state index contributed by atoms with van der Waals surface area (Å²) in [6.45, 7) is 0. The average molecular weight is 170 g/mol. The lowest BCUT2D eigenvalue weighted by molar-refractivity contribution is 0.672. The molecule has 0 aromatic carbocycles. The molecule has 0 unspecified atom stereocenters. The fourth-order valence-corrected chi connectivity index (χ4v) is 1.03. The van der Waals surface area contributed by atoms with Crippen molar-refractivity contribution in [3.8, 4) is 0 Å². The van der Waals surface area contributed by atoms with Gasteiger partial charge < -0.3 is 5.73 Å². The smallest absolute Gasteiger partial charge is 0.148 e. The van der Waals surface area contributed by atoms with Gasteiger partial charge in [0.15, 0.2) is 0 Å². The number of aromatic nitrogens is 2. The molecule has 2 N–H and O–H groups in total. The number of nitrogens with zero attached hydrogens (tertiary/aromatic N) is 2. The lowest BCUT2D eigenvalue weighted by Gasteiger charge is -2.04. The van der Waals surface area contributed by atoms with Gasteiger partial charge in [0.1, 0.15) is 5.82 Å². The third kappa shape index (κ3) is 1.21. The minimum absolute atomic E-state index is 0.245. The van der Waals surface area contributed by atoms with Crippen molar-refractivity contribution in [2.75, 3.05) is 0 Å². The van der Waals surface area contributed by atoms with Gasteiger partial charge in [0.05, 0.1) is 10.6 Å². The van der Waals surface area contributed by atoms with Gasteiger partial charge in [0, 0.05) is 12.4 Å². The van der Waals surface area contributed by atoms with Crippen molar-refractivity contribution >= 4 is 11.6 Å². The minimum Gasteiger partial charge on any atom is -0.319 e. The van der Waals surface area contributed by atoms with Crippen LogP contribution in [0.4, 0.5) is 0 Å². The monoisotopic (exact) mass is 169 g/mol. The van der Waals surface area contributed by atoms with Crippen LogP contribution in [0.5, 0.6) is 0 Å². The average Bonchev–Trinajstić information content (AvgIpc) is 2.70. The highest BCUT2D eigenvalue weighted by molar-refractivity contribution is 6.30. The molecule has 1 aliphatic carbocycles. The standard InChI is InChI=1S/C7H8ClN3/c8-5-3-10-6(11-4-5)7(9)1-2-7/h3-4H,1-2,9H2. The van der Waals surface area contributed by atoms with Gasteiger partial charge >= 0.3 is 0 Å². The van der Waals surface area contributed by atoms with Gasteiger partial charge in [0.2, 0.25) is 0 Å². The molecule has 0 radical (unpaired) electrons. The van der Waals surface area contributed by atoms with Crippen molar-refractivity contribution in [1.82, 2.24) is 9.97 Å². The van der Waals surface area contributed by atoms with Crippen molar-refractivity contribution in [2.24, 2.45) is 5.73 Å². The van der Waals surface area contributed by atoms with Crippen molar-refractivity contribution in [2.45, 2.75) is 18.4 Å². The van der Waals surface area contributed by atoms with Gasteiger partial charge in [-0.15, -0.1) is 0 Å². The predicted octanol–water partition coefficient (Wildman–Crippen LogP) is 1.08. The Morgan fingerprint density at radius 2 is 1.91 bits per heavy atom. The van der Waals surface area contributed by atoms with E-state index in [1.54, 1.807) is 12.4 Å². The Labute approximate surface area is 69.6 Å². The van der Waals surface area contributed by atoms with Crippen molar-refractivity contribution < 1.29 is 0 Å². The highest BCUT2D eigenvalue weighted by Gasteiger charge is 2.42. The molecule has 0 amide bonds. The fraction of sp³-hybridized carbons (Fsp3) is 0.429. The van der Waals surface area contributed by atoms with E-state index in [4.69, 9.17) is 17.3 Å². The molecular weight excluding hydrogens is 162 g/mol. The molecule has 1 aliphatic rings. The summed E-state index contributed by atoms with van der Waals surface area (Å²) in [5.74, 6) is 0.710. The Morgan fingerprint density at radius 3 is 2.36 bits per heavy atom. The largest absolute Gasteiger partial charge is 0.319 e.